The van der Waals surface area contributed by atoms with E-state index in [1.165, 1.54) is 0 Å². The second kappa shape index (κ2) is 6.34. The minimum absolute atomic E-state index is 0.153. The van der Waals surface area contributed by atoms with Crippen LogP contribution in [0.5, 0.6) is 0 Å². The molecule has 0 aromatic heterocycles. The first-order valence-corrected chi connectivity index (χ1v) is 7.02. The average molecular weight is 314 g/mol. The van der Waals surface area contributed by atoms with E-state index >= 15 is 0 Å². The fourth-order valence-electron chi connectivity index (χ4n) is 2.00. The molecule has 0 bridgehead atoms. The Kier molecular flexibility index (Phi) is 5.35. The van der Waals surface area contributed by atoms with Gasteiger partial charge < -0.3 is 5.11 Å². The molecule has 1 rings (SSSR count). The lowest BCUT2D eigenvalue weighted by atomic mass is 9.86. The molecule has 0 saturated heterocycles. The molecule has 0 radical (unpaired) electrons. The summed E-state index contributed by atoms with van der Waals surface area (Å²) in [4.78, 5) is 11.7. The van der Waals surface area contributed by atoms with Crippen molar-refractivity contribution in [1.82, 2.24) is 5.32 Å². The smallest absolute Gasteiger partial charge is 0.328 e. The summed E-state index contributed by atoms with van der Waals surface area (Å²) in [5.41, 5.74) is -0.230. The molecule has 2 atom stereocenters. The highest BCUT2D eigenvalue weighted by atomic mass is 79.9. The highest BCUT2D eigenvalue weighted by Crippen LogP contribution is 2.28. The van der Waals surface area contributed by atoms with Crippen LogP contribution >= 0.6 is 15.9 Å². The molecule has 1 aromatic rings. The molecular weight excluding hydrogens is 294 g/mol. The highest BCUT2D eigenvalue weighted by Gasteiger charge is 2.39. The Balaban J connectivity index is 3.22. The van der Waals surface area contributed by atoms with Crippen LogP contribution in [0, 0.1) is 0 Å². The molecule has 4 heteroatoms. The van der Waals surface area contributed by atoms with Gasteiger partial charge in [-0.25, -0.2) is 4.79 Å². The molecule has 1 aromatic carbocycles. The zero-order valence-corrected chi connectivity index (χ0v) is 12.6. The molecule has 2 unspecified atom stereocenters. The molecule has 0 heterocycles. The first-order chi connectivity index (χ1) is 8.46. The predicted molar refractivity (Wildman–Crippen MR) is 76.6 cm³/mol. The summed E-state index contributed by atoms with van der Waals surface area (Å²) in [6, 6.07) is 7.64. The van der Waals surface area contributed by atoms with E-state index in [1.54, 1.807) is 0 Å². The Labute approximate surface area is 117 Å². The summed E-state index contributed by atoms with van der Waals surface area (Å²) in [5, 5.41) is 12.9. The third-order valence-electron chi connectivity index (χ3n) is 3.32. The fourth-order valence-corrected chi connectivity index (χ4v) is 2.40. The largest absolute Gasteiger partial charge is 0.480 e. The topological polar surface area (TPSA) is 49.3 Å². The summed E-state index contributed by atoms with van der Waals surface area (Å²) < 4.78 is 0.894. The summed E-state index contributed by atoms with van der Waals surface area (Å²) >= 11 is 3.40. The van der Waals surface area contributed by atoms with Gasteiger partial charge in [0.1, 0.15) is 5.54 Å². The van der Waals surface area contributed by atoms with Crippen LogP contribution in [-0.4, -0.2) is 17.1 Å². The first-order valence-electron chi connectivity index (χ1n) is 6.23. The molecule has 0 saturated carbocycles. The van der Waals surface area contributed by atoms with Crippen molar-refractivity contribution in [2.75, 3.05) is 0 Å². The molecular formula is C14H20BrNO2. The molecule has 100 valence electrons. The molecule has 0 aliphatic heterocycles. The third-order valence-corrected chi connectivity index (χ3v) is 3.81. The summed E-state index contributed by atoms with van der Waals surface area (Å²) in [5.74, 6) is -0.830. The fraction of sp³-hybridized carbons (Fsp3) is 0.500. The van der Waals surface area contributed by atoms with Crippen LogP contribution in [0.2, 0.25) is 0 Å². The van der Waals surface area contributed by atoms with Gasteiger partial charge in [-0.1, -0.05) is 41.9 Å². The maximum Gasteiger partial charge on any atom is 0.328 e. The number of rotatable bonds is 6. The van der Waals surface area contributed by atoms with Gasteiger partial charge in [-0.05, 0) is 37.5 Å². The number of halogens is 1. The van der Waals surface area contributed by atoms with Crippen molar-refractivity contribution < 1.29 is 9.90 Å². The number of carbonyl (C=O) groups is 1. The second-order valence-corrected chi connectivity index (χ2v) is 5.44. The van der Waals surface area contributed by atoms with Crippen molar-refractivity contribution in [3.8, 4) is 0 Å². The second-order valence-electron chi connectivity index (χ2n) is 4.53. The van der Waals surface area contributed by atoms with Crippen molar-refractivity contribution >= 4 is 21.9 Å². The standard InChI is InChI=1S/C14H20BrNO2/c1-4-10(3)16-14(5-2,13(17)18)11-7-6-8-12(15)9-11/h6-10,16H,4-5H2,1-3H3,(H,17,18). The Morgan fingerprint density at radius 2 is 2.17 bits per heavy atom. The zero-order chi connectivity index (χ0) is 13.8. The Morgan fingerprint density at radius 1 is 1.50 bits per heavy atom. The van der Waals surface area contributed by atoms with E-state index in [0.29, 0.717) is 6.42 Å². The molecule has 18 heavy (non-hydrogen) atoms. The Hall–Kier alpha value is -0.870. The van der Waals surface area contributed by atoms with Crippen LogP contribution in [0.25, 0.3) is 0 Å². The summed E-state index contributed by atoms with van der Waals surface area (Å²) in [6.07, 6.45) is 1.39. The van der Waals surface area contributed by atoms with Gasteiger partial charge in [-0.3, -0.25) is 5.32 Å². The number of benzene rings is 1. The van der Waals surface area contributed by atoms with E-state index in [-0.39, 0.29) is 6.04 Å². The highest BCUT2D eigenvalue weighted by molar-refractivity contribution is 9.10. The van der Waals surface area contributed by atoms with Crippen molar-refractivity contribution in [2.24, 2.45) is 0 Å². The zero-order valence-electron chi connectivity index (χ0n) is 11.0. The molecule has 0 amide bonds. The van der Waals surface area contributed by atoms with E-state index in [0.717, 1.165) is 16.5 Å². The lowest BCUT2D eigenvalue weighted by molar-refractivity contribution is -0.146. The molecule has 2 N–H and O–H groups in total. The van der Waals surface area contributed by atoms with Crippen molar-refractivity contribution in [3.05, 3.63) is 34.3 Å². The van der Waals surface area contributed by atoms with Crippen LogP contribution < -0.4 is 5.32 Å². The minimum atomic E-state index is -1.01. The summed E-state index contributed by atoms with van der Waals surface area (Å²) in [7, 11) is 0. The van der Waals surface area contributed by atoms with E-state index < -0.39 is 11.5 Å². The van der Waals surface area contributed by atoms with E-state index in [2.05, 4.69) is 21.2 Å². The van der Waals surface area contributed by atoms with Crippen LogP contribution in [0.4, 0.5) is 0 Å². The van der Waals surface area contributed by atoms with E-state index in [9.17, 15) is 9.90 Å². The lowest BCUT2D eigenvalue weighted by Gasteiger charge is -2.33. The van der Waals surface area contributed by atoms with Crippen LogP contribution in [-0.2, 0) is 10.3 Å². The maximum atomic E-state index is 11.7. The molecule has 0 aliphatic rings. The van der Waals surface area contributed by atoms with Gasteiger partial charge in [-0.2, -0.15) is 0 Å². The quantitative estimate of drug-likeness (QED) is 0.844. The van der Waals surface area contributed by atoms with Gasteiger partial charge in [0, 0.05) is 10.5 Å². The van der Waals surface area contributed by atoms with Gasteiger partial charge in [0.15, 0.2) is 0 Å². The van der Waals surface area contributed by atoms with Gasteiger partial charge in [0.2, 0.25) is 0 Å². The van der Waals surface area contributed by atoms with Crippen LogP contribution in [0.1, 0.15) is 39.2 Å². The molecule has 3 nitrogen and oxygen atoms in total. The molecule has 0 fully saturated rings. The number of aliphatic carboxylic acids is 1. The lowest BCUT2D eigenvalue weighted by Crippen LogP contribution is -2.52. The normalized spacial score (nSPS) is 16.0. The molecule has 0 aliphatic carbocycles. The maximum absolute atomic E-state index is 11.7. The average Bonchev–Trinajstić information content (AvgIpc) is 2.35. The summed E-state index contributed by atoms with van der Waals surface area (Å²) in [6.45, 7) is 5.94. The molecule has 0 spiro atoms. The predicted octanol–water partition coefficient (Wildman–Crippen LogP) is 3.53. The van der Waals surface area contributed by atoms with Gasteiger partial charge in [0.25, 0.3) is 0 Å². The van der Waals surface area contributed by atoms with Gasteiger partial charge in [0.05, 0.1) is 0 Å². The monoisotopic (exact) mass is 313 g/mol. The van der Waals surface area contributed by atoms with Crippen LogP contribution in [0.15, 0.2) is 28.7 Å². The first kappa shape index (κ1) is 15.2. The van der Waals surface area contributed by atoms with Gasteiger partial charge in [-0.15, -0.1) is 0 Å². The van der Waals surface area contributed by atoms with Crippen molar-refractivity contribution in [3.63, 3.8) is 0 Å². The van der Waals surface area contributed by atoms with Crippen molar-refractivity contribution in [1.29, 1.82) is 0 Å². The van der Waals surface area contributed by atoms with Gasteiger partial charge >= 0.3 is 5.97 Å². The number of nitrogens with one attached hydrogen (secondary N) is 1. The van der Waals surface area contributed by atoms with Crippen molar-refractivity contribution in [2.45, 2.75) is 45.2 Å². The van der Waals surface area contributed by atoms with E-state index in [4.69, 9.17) is 0 Å². The Bertz CT molecular complexity index is 422. The number of carboxylic acids is 1. The number of carboxylic acid groups (broad SMARTS) is 1. The minimum Gasteiger partial charge on any atom is -0.480 e. The SMILES string of the molecule is CCC(C)NC(CC)(C(=O)O)c1cccc(Br)c1. The number of hydrogen-bond acceptors (Lipinski definition) is 2. The van der Waals surface area contributed by atoms with Crippen LogP contribution in [0.3, 0.4) is 0 Å². The Morgan fingerprint density at radius 3 is 2.61 bits per heavy atom. The third kappa shape index (κ3) is 3.12. The van der Waals surface area contributed by atoms with E-state index in [1.807, 2.05) is 45.0 Å². The number of hydrogen-bond donors (Lipinski definition) is 2.